The lowest BCUT2D eigenvalue weighted by Crippen LogP contribution is -1.88. The summed E-state index contributed by atoms with van der Waals surface area (Å²) in [5, 5.41) is 0. The first kappa shape index (κ1) is 25.3. The zero-order chi connectivity index (χ0) is 16.5. The van der Waals surface area contributed by atoms with Crippen LogP contribution in [0.15, 0.2) is 0 Å². The maximum absolute atomic E-state index is 10.7. The standard InChI is InChI=1S/C18H39O3P.FH/c1-2-3-4-5-6-7-8-9-10-11-12-13-14-15-16-17-18-22(19,20)21;/h2-18H2,1H3,(H2,19,20,21);1H. The van der Waals surface area contributed by atoms with Crippen LogP contribution in [0.4, 0.5) is 4.70 Å². The average Bonchev–Trinajstić information content (AvgIpc) is 2.45. The largest absolute Gasteiger partial charge is 0.325 e. The van der Waals surface area contributed by atoms with E-state index in [4.69, 9.17) is 9.79 Å². The van der Waals surface area contributed by atoms with E-state index in [1.54, 1.807) is 0 Å². The number of hydrogen-bond donors (Lipinski definition) is 2. The summed E-state index contributed by atoms with van der Waals surface area (Å²) in [5.41, 5.74) is 0. The number of halogens is 1. The fraction of sp³-hybridized carbons (Fsp3) is 1.00. The number of rotatable bonds is 17. The summed E-state index contributed by atoms with van der Waals surface area (Å²) in [5.74, 6) is 0. The van der Waals surface area contributed by atoms with Gasteiger partial charge >= 0.3 is 7.60 Å². The van der Waals surface area contributed by atoms with Gasteiger partial charge in [-0.2, -0.15) is 0 Å². The first-order valence-electron chi connectivity index (χ1n) is 9.61. The lowest BCUT2D eigenvalue weighted by Gasteiger charge is -2.04. The Morgan fingerprint density at radius 1 is 0.565 bits per heavy atom. The van der Waals surface area contributed by atoms with Crippen LogP contribution in [-0.4, -0.2) is 15.9 Å². The van der Waals surface area contributed by atoms with Crippen molar-refractivity contribution in [3.8, 4) is 0 Å². The monoisotopic (exact) mass is 354 g/mol. The summed E-state index contributed by atoms with van der Waals surface area (Å²) in [6, 6.07) is 0. The smallest absolute Gasteiger partial charge is 0.324 e. The zero-order valence-corrected chi connectivity index (χ0v) is 16.1. The summed E-state index contributed by atoms with van der Waals surface area (Å²) < 4.78 is 10.7. The summed E-state index contributed by atoms with van der Waals surface area (Å²) >= 11 is 0. The van der Waals surface area contributed by atoms with Gasteiger partial charge in [-0.15, -0.1) is 0 Å². The van der Waals surface area contributed by atoms with Crippen LogP contribution in [0.1, 0.15) is 110 Å². The van der Waals surface area contributed by atoms with Gasteiger partial charge in [0, 0.05) is 6.16 Å². The van der Waals surface area contributed by atoms with Crippen LogP contribution in [-0.2, 0) is 4.57 Å². The molecule has 3 nitrogen and oxygen atoms in total. The van der Waals surface area contributed by atoms with E-state index in [9.17, 15) is 4.57 Å². The maximum atomic E-state index is 10.7. The second-order valence-electron chi connectivity index (χ2n) is 6.69. The summed E-state index contributed by atoms with van der Waals surface area (Å²) in [4.78, 5) is 17.5. The third-order valence-electron chi connectivity index (χ3n) is 4.30. The fourth-order valence-corrected chi connectivity index (χ4v) is 3.50. The van der Waals surface area contributed by atoms with Gasteiger partial charge in [-0.05, 0) is 6.42 Å². The van der Waals surface area contributed by atoms with Gasteiger partial charge in [0.25, 0.3) is 0 Å². The molecule has 0 aromatic rings. The highest BCUT2D eigenvalue weighted by atomic mass is 31.2. The Hall–Kier alpha value is 0.0800. The van der Waals surface area contributed by atoms with E-state index in [1.165, 1.54) is 83.5 Å². The quantitative estimate of drug-likeness (QED) is 0.229. The third kappa shape index (κ3) is 24.5. The van der Waals surface area contributed by atoms with Crippen molar-refractivity contribution in [2.45, 2.75) is 110 Å². The minimum absolute atomic E-state index is 0. The highest BCUT2D eigenvalue weighted by Crippen LogP contribution is 2.35. The van der Waals surface area contributed by atoms with Crippen LogP contribution in [0.3, 0.4) is 0 Å². The molecule has 0 aromatic carbocycles. The van der Waals surface area contributed by atoms with Crippen molar-refractivity contribution in [2.75, 3.05) is 6.16 Å². The van der Waals surface area contributed by atoms with Gasteiger partial charge in [-0.25, -0.2) is 0 Å². The van der Waals surface area contributed by atoms with E-state index in [0.717, 1.165) is 12.8 Å². The Morgan fingerprint density at radius 3 is 1.09 bits per heavy atom. The van der Waals surface area contributed by atoms with Crippen molar-refractivity contribution in [3.63, 3.8) is 0 Å². The molecule has 2 N–H and O–H groups in total. The molecular weight excluding hydrogens is 314 g/mol. The molecule has 0 spiro atoms. The Bertz CT molecular complexity index is 269. The van der Waals surface area contributed by atoms with E-state index < -0.39 is 7.60 Å². The van der Waals surface area contributed by atoms with Crippen molar-refractivity contribution in [2.24, 2.45) is 0 Å². The lowest BCUT2D eigenvalue weighted by atomic mass is 10.0. The fourth-order valence-electron chi connectivity index (χ4n) is 2.87. The Morgan fingerprint density at radius 2 is 0.826 bits per heavy atom. The molecule has 5 heteroatoms. The lowest BCUT2D eigenvalue weighted by molar-refractivity contribution is 0.370. The normalized spacial score (nSPS) is 11.4. The minimum Gasteiger partial charge on any atom is -0.324 e. The number of hydrogen-bond acceptors (Lipinski definition) is 1. The van der Waals surface area contributed by atoms with Crippen molar-refractivity contribution in [1.29, 1.82) is 0 Å². The maximum Gasteiger partial charge on any atom is 0.325 e. The second kappa shape index (κ2) is 18.4. The topological polar surface area (TPSA) is 57.5 Å². The van der Waals surface area contributed by atoms with Crippen molar-refractivity contribution in [1.82, 2.24) is 0 Å². The number of unbranched alkanes of at least 4 members (excludes halogenated alkanes) is 15. The molecule has 142 valence electrons. The van der Waals surface area contributed by atoms with E-state index in [1.807, 2.05) is 0 Å². The Kier molecular flexibility index (Phi) is 20.3. The predicted molar refractivity (Wildman–Crippen MR) is 99.0 cm³/mol. The van der Waals surface area contributed by atoms with Crippen LogP contribution in [0.2, 0.25) is 0 Å². The molecule has 0 bridgehead atoms. The highest BCUT2D eigenvalue weighted by Gasteiger charge is 2.10. The van der Waals surface area contributed by atoms with Crippen LogP contribution >= 0.6 is 7.60 Å². The van der Waals surface area contributed by atoms with Gasteiger partial charge in [0.1, 0.15) is 0 Å². The van der Waals surface area contributed by atoms with E-state index >= 15 is 0 Å². The van der Waals surface area contributed by atoms with Gasteiger partial charge < -0.3 is 9.79 Å². The molecular formula is C18H40FO3P. The molecule has 0 saturated heterocycles. The molecule has 0 aromatic heterocycles. The van der Waals surface area contributed by atoms with Crippen LogP contribution in [0.25, 0.3) is 0 Å². The van der Waals surface area contributed by atoms with E-state index in [-0.39, 0.29) is 10.9 Å². The average molecular weight is 354 g/mol. The molecule has 0 aliphatic rings. The predicted octanol–water partition coefficient (Wildman–Crippen LogP) is 6.58. The van der Waals surface area contributed by atoms with Gasteiger partial charge in [0.2, 0.25) is 0 Å². The van der Waals surface area contributed by atoms with Gasteiger partial charge in [0.15, 0.2) is 0 Å². The van der Waals surface area contributed by atoms with E-state index in [0.29, 0.717) is 6.42 Å². The Balaban J connectivity index is 0. The molecule has 0 unspecified atom stereocenters. The van der Waals surface area contributed by atoms with Crippen molar-refractivity contribution in [3.05, 3.63) is 0 Å². The van der Waals surface area contributed by atoms with Gasteiger partial charge in [-0.1, -0.05) is 103 Å². The molecule has 0 aliphatic heterocycles. The molecule has 0 aliphatic carbocycles. The molecule has 0 radical (unpaired) electrons. The summed E-state index contributed by atoms with van der Waals surface area (Å²) in [7, 11) is -3.75. The third-order valence-corrected chi connectivity index (χ3v) is 5.20. The summed E-state index contributed by atoms with van der Waals surface area (Å²) in [6.07, 6.45) is 20.6. The molecule has 0 fully saturated rings. The van der Waals surface area contributed by atoms with E-state index in [2.05, 4.69) is 6.92 Å². The molecule has 23 heavy (non-hydrogen) atoms. The first-order valence-corrected chi connectivity index (χ1v) is 11.4. The zero-order valence-electron chi connectivity index (χ0n) is 15.2. The SMILES string of the molecule is CCCCCCCCCCCCCCCCCCP(=O)(O)O.F. The van der Waals surface area contributed by atoms with Crippen LogP contribution < -0.4 is 0 Å². The van der Waals surface area contributed by atoms with Gasteiger partial charge in [0.05, 0.1) is 0 Å². The van der Waals surface area contributed by atoms with Gasteiger partial charge in [-0.3, -0.25) is 9.27 Å². The molecule has 0 rings (SSSR count). The molecule has 0 amide bonds. The molecule has 0 atom stereocenters. The first-order chi connectivity index (χ1) is 10.6. The van der Waals surface area contributed by atoms with Crippen molar-refractivity contribution >= 4 is 7.60 Å². The van der Waals surface area contributed by atoms with Crippen LogP contribution in [0, 0.1) is 0 Å². The molecule has 0 saturated carbocycles. The minimum atomic E-state index is -3.75. The Labute approximate surface area is 143 Å². The molecule has 0 heterocycles. The second-order valence-corrected chi connectivity index (χ2v) is 8.47. The highest BCUT2D eigenvalue weighted by molar-refractivity contribution is 7.51. The van der Waals surface area contributed by atoms with Crippen molar-refractivity contribution < 1.29 is 19.1 Å². The summed E-state index contributed by atoms with van der Waals surface area (Å²) in [6.45, 7) is 2.27. The van der Waals surface area contributed by atoms with Crippen LogP contribution in [0.5, 0.6) is 0 Å².